The number of ketones is 1. The third-order valence-corrected chi connectivity index (χ3v) is 5.61. The van der Waals surface area contributed by atoms with Gasteiger partial charge in [-0.1, -0.05) is 66.7 Å². The van der Waals surface area contributed by atoms with Crippen molar-refractivity contribution >= 4 is 17.4 Å². The minimum atomic E-state index is -0.706. The van der Waals surface area contributed by atoms with Crippen molar-refractivity contribution in [2.45, 2.75) is 39.3 Å². The lowest BCUT2D eigenvalue weighted by Gasteiger charge is -2.32. The average Bonchev–Trinajstić information content (AvgIpc) is 2.77. The van der Waals surface area contributed by atoms with Crippen molar-refractivity contribution in [1.82, 2.24) is 0 Å². The zero-order chi connectivity index (χ0) is 22.7. The van der Waals surface area contributed by atoms with Crippen LogP contribution in [-0.4, -0.2) is 17.3 Å². The molecule has 0 spiro atoms. The van der Waals surface area contributed by atoms with Crippen LogP contribution in [-0.2, 0) is 20.9 Å². The summed E-state index contributed by atoms with van der Waals surface area (Å²) in [4.78, 5) is 27.5. The van der Waals surface area contributed by atoms with Gasteiger partial charge in [0.15, 0.2) is 11.5 Å². The highest BCUT2D eigenvalue weighted by molar-refractivity contribution is 6.09. The molecule has 0 fully saturated rings. The van der Waals surface area contributed by atoms with E-state index < -0.39 is 5.60 Å². The molecule has 4 rings (SSSR count). The molecule has 0 aliphatic carbocycles. The molecule has 0 radical (unpaired) electrons. The number of nitrogens with zero attached hydrogens (tertiary/aromatic N) is 1. The Morgan fingerprint density at radius 2 is 1.53 bits per heavy atom. The minimum absolute atomic E-state index is 0.0898. The third kappa shape index (κ3) is 4.80. The van der Waals surface area contributed by atoms with Gasteiger partial charge in [-0.3, -0.25) is 9.59 Å². The maximum Gasteiger partial charge on any atom is 0.293 e. The SMILES string of the molecule is Cc1ccccc1CN(C(=O)C1=CC(=O)CC(C)(C)O1)c1ccc(-c2ccccc2)cc1. The van der Waals surface area contributed by atoms with Crippen LogP contribution in [0.25, 0.3) is 11.1 Å². The highest BCUT2D eigenvalue weighted by atomic mass is 16.5. The Morgan fingerprint density at radius 3 is 2.19 bits per heavy atom. The molecular formula is C28H27NO3. The van der Waals surface area contributed by atoms with Gasteiger partial charge in [0.25, 0.3) is 5.91 Å². The van der Waals surface area contributed by atoms with E-state index in [-0.39, 0.29) is 23.9 Å². The number of hydrogen-bond acceptors (Lipinski definition) is 3. The predicted molar refractivity (Wildman–Crippen MR) is 127 cm³/mol. The number of anilines is 1. The largest absolute Gasteiger partial charge is 0.481 e. The van der Waals surface area contributed by atoms with E-state index in [1.165, 1.54) is 6.08 Å². The van der Waals surface area contributed by atoms with Crippen LogP contribution in [0.1, 0.15) is 31.4 Å². The zero-order valence-electron chi connectivity index (χ0n) is 18.7. The molecule has 1 aliphatic rings. The first-order valence-corrected chi connectivity index (χ1v) is 10.8. The molecule has 0 atom stereocenters. The zero-order valence-corrected chi connectivity index (χ0v) is 18.7. The van der Waals surface area contributed by atoms with Gasteiger partial charge in [-0.15, -0.1) is 0 Å². The number of hydrogen-bond donors (Lipinski definition) is 0. The van der Waals surface area contributed by atoms with Crippen molar-refractivity contribution in [3.8, 4) is 11.1 Å². The normalized spacial score (nSPS) is 15.0. The van der Waals surface area contributed by atoms with Gasteiger partial charge in [0.05, 0.1) is 6.54 Å². The lowest BCUT2D eigenvalue weighted by atomic mass is 9.98. The van der Waals surface area contributed by atoms with Crippen LogP contribution in [0.3, 0.4) is 0 Å². The summed E-state index contributed by atoms with van der Waals surface area (Å²) < 4.78 is 5.92. The summed E-state index contributed by atoms with van der Waals surface area (Å²) in [5.41, 5.74) is 4.36. The first kappa shape index (κ1) is 21.6. The van der Waals surface area contributed by atoms with Crippen LogP contribution >= 0.6 is 0 Å². The number of carbonyl (C=O) groups excluding carboxylic acids is 2. The molecule has 3 aromatic rings. The van der Waals surface area contributed by atoms with Gasteiger partial charge in [0.2, 0.25) is 0 Å². The molecule has 1 amide bonds. The van der Waals surface area contributed by atoms with Crippen LogP contribution in [0, 0.1) is 6.92 Å². The molecule has 4 heteroatoms. The van der Waals surface area contributed by atoms with E-state index in [0.29, 0.717) is 6.54 Å². The smallest absolute Gasteiger partial charge is 0.293 e. The number of aryl methyl sites for hydroxylation is 1. The Balaban J connectivity index is 1.70. The van der Waals surface area contributed by atoms with Gasteiger partial charge in [-0.2, -0.15) is 0 Å². The summed E-state index contributed by atoms with van der Waals surface area (Å²) in [5, 5.41) is 0. The number of benzene rings is 3. The first-order chi connectivity index (χ1) is 15.3. The monoisotopic (exact) mass is 425 g/mol. The molecule has 0 saturated carbocycles. The highest BCUT2D eigenvalue weighted by Crippen LogP contribution is 2.30. The Labute approximate surface area is 189 Å². The standard InChI is InChI=1S/C28H27NO3/c1-20-9-7-8-12-23(20)19-29(27(31)26-17-25(30)18-28(2,3)32-26)24-15-13-22(14-16-24)21-10-5-4-6-11-21/h4-17H,18-19H2,1-3H3. The quantitative estimate of drug-likeness (QED) is 0.515. The van der Waals surface area contributed by atoms with Crippen molar-refractivity contribution < 1.29 is 14.3 Å². The molecule has 0 unspecified atom stereocenters. The van der Waals surface area contributed by atoms with Gasteiger partial charge in [0.1, 0.15) is 5.60 Å². The molecule has 0 N–H and O–H groups in total. The molecular weight excluding hydrogens is 398 g/mol. The Morgan fingerprint density at radius 1 is 0.906 bits per heavy atom. The fourth-order valence-electron chi connectivity index (χ4n) is 3.92. The summed E-state index contributed by atoms with van der Waals surface area (Å²) in [6.45, 7) is 6.06. The van der Waals surface area contributed by atoms with E-state index in [9.17, 15) is 9.59 Å². The molecule has 3 aromatic carbocycles. The summed E-state index contributed by atoms with van der Waals surface area (Å²) in [5.74, 6) is -0.325. The van der Waals surface area contributed by atoms with Crippen LogP contribution < -0.4 is 4.90 Å². The van der Waals surface area contributed by atoms with Gasteiger partial charge in [0, 0.05) is 18.2 Å². The number of ether oxygens (including phenoxy) is 1. The first-order valence-electron chi connectivity index (χ1n) is 10.8. The van der Waals surface area contributed by atoms with E-state index in [2.05, 4.69) is 12.1 Å². The Kier molecular flexibility index (Phi) is 5.95. The highest BCUT2D eigenvalue weighted by Gasteiger charge is 2.34. The lowest BCUT2D eigenvalue weighted by Crippen LogP contribution is -2.39. The second-order valence-electron chi connectivity index (χ2n) is 8.74. The molecule has 162 valence electrons. The minimum Gasteiger partial charge on any atom is -0.481 e. The number of amides is 1. The molecule has 0 saturated heterocycles. The number of rotatable bonds is 5. The van der Waals surface area contributed by atoms with Crippen molar-refractivity contribution in [3.63, 3.8) is 0 Å². The van der Waals surface area contributed by atoms with Gasteiger partial charge >= 0.3 is 0 Å². The van der Waals surface area contributed by atoms with Crippen LogP contribution in [0.2, 0.25) is 0 Å². The van der Waals surface area contributed by atoms with E-state index in [1.54, 1.807) is 4.90 Å². The lowest BCUT2D eigenvalue weighted by molar-refractivity contribution is -0.129. The molecule has 4 nitrogen and oxygen atoms in total. The fourth-order valence-corrected chi connectivity index (χ4v) is 3.92. The Bertz CT molecular complexity index is 1160. The van der Waals surface area contributed by atoms with Crippen LogP contribution in [0.15, 0.2) is 90.7 Å². The van der Waals surface area contributed by atoms with Crippen LogP contribution in [0.4, 0.5) is 5.69 Å². The van der Waals surface area contributed by atoms with Gasteiger partial charge < -0.3 is 9.64 Å². The van der Waals surface area contributed by atoms with Crippen molar-refractivity contribution in [2.75, 3.05) is 4.90 Å². The van der Waals surface area contributed by atoms with E-state index in [0.717, 1.165) is 27.9 Å². The van der Waals surface area contributed by atoms with E-state index in [1.807, 2.05) is 87.5 Å². The van der Waals surface area contributed by atoms with Crippen molar-refractivity contribution in [2.24, 2.45) is 0 Å². The molecule has 32 heavy (non-hydrogen) atoms. The summed E-state index contributed by atoms with van der Waals surface area (Å²) in [6.07, 6.45) is 1.59. The van der Waals surface area contributed by atoms with Crippen molar-refractivity contribution in [1.29, 1.82) is 0 Å². The summed E-state index contributed by atoms with van der Waals surface area (Å²) in [7, 11) is 0. The van der Waals surface area contributed by atoms with E-state index in [4.69, 9.17) is 4.74 Å². The topological polar surface area (TPSA) is 46.6 Å². The third-order valence-electron chi connectivity index (χ3n) is 5.61. The maximum atomic E-state index is 13.6. The molecule has 0 aromatic heterocycles. The molecule has 0 bridgehead atoms. The number of allylic oxidation sites excluding steroid dienone is 1. The maximum absolute atomic E-state index is 13.6. The second kappa shape index (κ2) is 8.83. The van der Waals surface area contributed by atoms with Crippen molar-refractivity contribution in [3.05, 3.63) is 102 Å². The van der Waals surface area contributed by atoms with E-state index >= 15 is 0 Å². The number of carbonyl (C=O) groups is 2. The van der Waals surface area contributed by atoms with Gasteiger partial charge in [-0.05, 0) is 55.2 Å². The molecule has 1 aliphatic heterocycles. The van der Waals surface area contributed by atoms with Crippen LogP contribution in [0.5, 0.6) is 0 Å². The summed E-state index contributed by atoms with van der Waals surface area (Å²) in [6, 6.07) is 26.0. The predicted octanol–water partition coefficient (Wildman–Crippen LogP) is 5.85. The average molecular weight is 426 g/mol. The fraction of sp³-hybridized carbons (Fsp3) is 0.214. The van der Waals surface area contributed by atoms with Gasteiger partial charge in [-0.25, -0.2) is 0 Å². The second-order valence-corrected chi connectivity index (χ2v) is 8.74. The Hall–Kier alpha value is -3.66. The summed E-state index contributed by atoms with van der Waals surface area (Å²) >= 11 is 0. The molecule has 1 heterocycles.